The van der Waals surface area contributed by atoms with Crippen molar-refractivity contribution in [3.8, 4) is 11.4 Å². The van der Waals surface area contributed by atoms with E-state index >= 15 is 0 Å². The Hall–Kier alpha value is -3.13. The van der Waals surface area contributed by atoms with E-state index < -0.39 is 11.9 Å². The fourth-order valence-electron chi connectivity index (χ4n) is 2.39. The van der Waals surface area contributed by atoms with Crippen molar-refractivity contribution in [3.05, 3.63) is 69.9 Å². The Balaban J connectivity index is 1.91. The van der Waals surface area contributed by atoms with Crippen LogP contribution in [0.15, 0.2) is 47.7 Å². The predicted octanol–water partition coefficient (Wildman–Crippen LogP) is 1.78. The Bertz CT molecular complexity index is 1010. The van der Waals surface area contributed by atoms with Crippen molar-refractivity contribution < 1.29 is 4.79 Å². The van der Waals surface area contributed by atoms with E-state index in [1.54, 1.807) is 44.4 Å². The molecule has 0 aliphatic heterocycles. The van der Waals surface area contributed by atoms with Crippen LogP contribution in [-0.4, -0.2) is 30.4 Å². The average molecular weight is 371 g/mol. The molecule has 1 N–H and O–H groups in total. The summed E-state index contributed by atoms with van der Waals surface area (Å²) < 4.78 is 1.38. The summed E-state index contributed by atoms with van der Waals surface area (Å²) in [6.45, 7) is 1.73. The lowest BCUT2D eigenvalue weighted by Gasteiger charge is -2.17. The first-order chi connectivity index (χ1) is 12.5. The number of pyridine rings is 1. The van der Waals surface area contributed by atoms with Gasteiger partial charge in [-0.25, -0.2) is 19.9 Å². The maximum Gasteiger partial charge on any atom is 0.270 e. The molecule has 0 aliphatic carbocycles. The van der Waals surface area contributed by atoms with Gasteiger partial charge in [0.2, 0.25) is 0 Å². The Morgan fingerprint density at radius 1 is 1.23 bits per heavy atom. The first-order valence-electron chi connectivity index (χ1n) is 7.73. The van der Waals surface area contributed by atoms with Gasteiger partial charge in [0.1, 0.15) is 23.0 Å². The zero-order valence-electron chi connectivity index (χ0n) is 14.0. The number of hydrogen-bond acceptors (Lipinski definition) is 6. The molecule has 0 aromatic carbocycles. The van der Waals surface area contributed by atoms with Crippen molar-refractivity contribution in [3.63, 3.8) is 0 Å². The predicted molar refractivity (Wildman–Crippen MR) is 95.6 cm³/mol. The summed E-state index contributed by atoms with van der Waals surface area (Å²) in [4.78, 5) is 41.0. The molecule has 0 bridgehead atoms. The number of amides is 1. The zero-order valence-corrected chi connectivity index (χ0v) is 14.8. The van der Waals surface area contributed by atoms with E-state index in [-0.39, 0.29) is 16.4 Å². The van der Waals surface area contributed by atoms with E-state index in [4.69, 9.17) is 11.6 Å². The molecule has 3 aromatic heterocycles. The maximum atomic E-state index is 12.4. The summed E-state index contributed by atoms with van der Waals surface area (Å²) >= 11 is 5.82. The van der Waals surface area contributed by atoms with Gasteiger partial charge in [0.25, 0.3) is 11.5 Å². The third-order valence-electron chi connectivity index (χ3n) is 3.70. The molecule has 9 heteroatoms. The minimum Gasteiger partial charge on any atom is -0.341 e. The Morgan fingerprint density at radius 3 is 2.73 bits per heavy atom. The van der Waals surface area contributed by atoms with E-state index in [0.29, 0.717) is 17.2 Å². The summed E-state index contributed by atoms with van der Waals surface area (Å²) in [6.07, 6.45) is 2.95. The monoisotopic (exact) mass is 370 g/mol. The van der Waals surface area contributed by atoms with E-state index in [1.807, 2.05) is 0 Å². The summed E-state index contributed by atoms with van der Waals surface area (Å²) in [5.74, 6) is -0.0248. The van der Waals surface area contributed by atoms with Crippen LogP contribution in [0.2, 0.25) is 5.15 Å². The standard InChI is InChI=1S/C17H15ClN6O2/c1-10(21-17(26)12-4-3-5-14(18)22-12)16-23-13(8-15(25)24(16)2)11-6-7-19-9-20-11/h3-10H,1-2H3,(H,21,26). The van der Waals surface area contributed by atoms with Crippen molar-refractivity contribution in [2.24, 2.45) is 7.05 Å². The second kappa shape index (κ2) is 7.40. The van der Waals surface area contributed by atoms with Crippen LogP contribution in [-0.2, 0) is 7.05 Å². The minimum absolute atomic E-state index is 0.182. The zero-order chi connectivity index (χ0) is 18.7. The molecule has 26 heavy (non-hydrogen) atoms. The topological polar surface area (TPSA) is 103 Å². The first kappa shape index (κ1) is 17.7. The van der Waals surface area contributed by atoms with E-state index in [0.717, 1.165) is 0 Å². The fourth-order valence-corrected chi connectivity index (χ4v) is 2.55. The number of halogens is 1. The number of rotatable bonds is 4. The van der Waals surface area contributed by atoms with Crippen LogP contribution < -0.4 is 10.9 Å². The molecule has 0 fully saturated rings. The molecule has 0 radical (unpaired) electrons. The van der Waals surface area contributed by atoms with Gasteiger partial charge in [-0.2, -0.15) is 0 Å². The van der Waals surface area contributed by atoms with Crippen molar-refractivity contribution in [2.45, 2.75) is 13.0 Å². The molecule has 3 aromatic rings. The van der Waals surface area contributed by atoms with Gasteiger partial charge in [0.05, 0.1) is 17.4 Å². The largest absolute Gasteiger partial charge is 0.341 e. The number of carbonyl (C=O) groups is 1. The molecule has 0 aliphatic rings. The normalized spacial score (nSPS) is 11.8. The van der Waals surface area contributed by atoms with E-state index in [9.17, 15) is 9.59 Å². The summed E-state index contributed by atoms with van der Waals surface area (Å²) in [5.41, 5.74) is 0.855. The highest BCUT2D eigenvalue weighted by molar-refractivity contribution is 6.29. The number of hydrogen-bond donors (Lipinski definition) is 1. The Morgan fingerprint density at radius 2 is 2.04 bits per heavy atom. The van der Waals surface area contributed by atoms with Gasteiger partial charge in [-0.3, -0.25) is 14.2 Å². The Labute approximate surface area is 153 Å². The van der Waals surface area contributed by atoms with Gasteiger partial charge < -0.3 is 5.32 Å². The fraction of sp³-hybridized carbons (Fsp3) is 0.176. The van der Waals surface area contributed by atoms with Crippen LogP contribution in [0.1, 0.15) is 29.3 Å². The maximum absolute atomic E-state index is 12.4. The second-order valence-corrected chi connectivity index (χ2v) is 5.92. The summed E-state index contributed by atoms with van der Waals surface area (Å²) in [5, 5.41) is 3.00. The molecule has 1 amide bonds. The van der Waals surface area contributed by atoms with Crippen molar-refractivity contribution in [2.75, 3.05) is 0 Å². The van der Waals surface area contributed by atoms with Gasteiger partial charge in [-0.1, -0.05) is 17.7 Å². The molecular weight excluding hydrogens is 356 g/mol. The average Bonchev–Trinajstić information content (AvgIpc) is 2.64. The summed E-state index contributed by atoms with van der Waals surface area (Å²) in [7, 11) is 1.59. The number of nitrogens with zero attached hydrogens (tertiary/aromatic N) is 5. The number of aromatic nitrogens is 5. The minimum atomic E-state index is -0.539. The van der Waals surface area contributed by atoms with Gasteiger partial charge in [0, 0.05) is 19.3 Å². The lowest BCUT2D eigenvalue weighted by Crippen LogP contribution is -2.33. The molecule has 8 nitrogen and oxygen atoms in total. The van der Waals surface area contributed by atoms with Gasteiger partial charge in [-0.15, -0.1) is 0 Å². The number of nitrogens with one attached hydrogen (secondary N) is 1. The van der Waals surface area contributed by atoms with E-state index in [1.165, 1.54) is 17.0 Å². The van der Waals surface area contributed by atoms with Crippen molar-refractivity contribution in [1.29, 1.82) is 0 Å². The molecule has 3 rings (SSSR count). The molecular formula is C17H15ClN6O2. The van der Waals surface area contributed by atoms with Crippen LogP contribution >= 0.6 is 11.6 Å². The van der Waals surface area contributed by atoms with E-state index in [2.05, 4.69) is 25.3 Å². The lowest BCUT2D eigenvalue weighted by atomic mass is 10.2. The SMILES string of the molecule is CC(NC(=O)c1cccc(Cl)n1)c1nc(-c2ccncn2)cc(=O)n1C. The van der Waals surface area contributed by atoms with Crippen molar-refractivity contribution >= 4 is 17.5 Å². The highest BCUT2D eigenvalue weighted by atomic mass is 35.5. The van der Waals surface area contributed by atoms with Crippen LogP contribution in [0, 0.1) is 0 Å². The molecule has 132 valence electrons. The molecule has 0 spiro atoms. The molecule has 0 saturated carbocycles. The molecule has 0 saturated heterocycles. The van der Waals surface area contributed by atoms with Gasteiger partial charge in [-0.05, 0) is 25.1 Å². The van der Waals surface area contributed by atoms with Crippen molar-refractivity contribution in [1.82, 2.24) is 29.8 Å². The lowest BCUT2D eigenvalue weighted by molar-refractivity contribution is 0.0932. The smallest absolute Gasteiger partial charge is 0.270 e. The van der Waals surface area contributed by atoms with Gasteiger partial charge in [0.15, 0.2) is 0 Å². The molecule has 1 atom stereocenters. The van der Waals surface area contributed by atoms with Gasteiger partial charge >= 0.3 is 0 Å². The highest BCUT2D eigenvalue weighted by Crippen LogP contribution is 2.15. The van der Waals surface area contributed by atoms with Crippen LogP contribution in [0.3, 0.4) is 0 Å². The van der Waals surface area contributed by atoms with Crippen LogP contribution in [0.5, 0.6) is 0 Å². The first-order valence-corrected chi connectivity index (χ1v) is 8.11. The Kier molecular flexibility index (Phi) is 5.04. The van der Waals surface area contributed by atoms with Crippen LogP contribution in [0.4, 0.5) is 0 Å². The quantitative estimate of drug-likeness (QED) is 0.702. The second-order valence-electron chi connectivity index (χ2n) is 5.53. The van der Waals surface area contributed by atoms with Crippen LogP contribution in [0.25, 0.3) is 11.4 Å². The third kappa shape index (κ3) is 3.75. The molecule has 3 heterocycles. The number of carbonyl (C=O) groups excluding carboxylic acids is 1. The molecule has 1 unspecified atom stereocenters. The summed E-state index contributed by atoms with van der Waals surface area (Å²) in [6, 6.07) is 7.28. The highest BCUT2D eigenvalue weighted by Gasteiger charge is 2.18. The third-order valence-corrected chi connectivity index (χ3v) is 3.91.